The molecule has 0 aliphatic heterocycles. The number of carboxylic acid groups (broad SMARTS) is 1. The van der Waals surface area contributed by atoms with Crippen molar-refractivity contribution in [1.29, 1.82) is 0 Å². The molecule has 0 aromatic heterocycles. The Morgan fingerprint density at radius 2 is 1.87 bits per heavy atom. The first-order chi connectivity index (χ1) is 7.13. The van der Waals surface area contributed by atoms with Crippen LogP contribution >= 0.6 is 0 Å². The van der Waals surface area contributed by atoms with Crippen LogP contribution in [0.4, 0.5) is 0 Å². The van der Waals surface area contributed by atoms with E-state index in [1.54, 1.807) is 6.92 Å². The molecule has 1 aliphatic carbocycles. The molecule has 1 aliphatic rings. The van der Waals surface area contributed by atoms with E-state index in [1.165, 1.54) is 0 Å². The van der Waals surface area contributed by atoms with Gasteiger partial charge in [-0.2, -0.15) is 0 Å². The van der Waals surface area contributed by atoms with Crippen LogP contribution in [0, 0.1) is 11.8 Å². The van der Waals surface area contributed by atoms with Crippen molar-refractivity contribution in [2.75, 3.05) is 6.61 Å². The third kappa shape index (κ3) is 3.90. The molecule has 0 aromatic rings. The van der Waals surface area contributed by atoms with E-state index in [4.69, 9.17) is 9.84 Å². The first kappa shape index (κ1) is 12.0. The Morgan fingerprint density at radius 1 is 1.27 bits per heavy atom. The number of aliphatic carboxylic acids is 1. The molecule has 0 heterocycles. The molecule has 0 amide bonds. The number of hydrogen-bond donors (Lipinski definition) is 1. The van der Waals surface area contributed by atoms with Crippen LogP contribution in [0.1, 0.15) is 39.0 Å². The molecule has 1 rings (SSSR count). The third-order valence-corrected chi connectivity index (χ3v) is 2.96. The molecule has 0 spiro atoms. The lowest BCUT2D eigenvalue weighted by atomic mass is 9.80. The average Bonchev–Trinajstić information content (AvgIpc) is 2.18. The van der Waals surface area contributed by atoms with E-state index in [0.29, 0.717) is 31.8 Å². The molecule has 0 bridgehead atoms. The number of carbonyl (C=O) groups excluding carboxylic acids is 1. The number of carboxylic acids is 1. The lowest BCUT2D eigenvalue weighted by Gasteiger charge is -2.25. The number of rotatable bonds is 4. The van der Waals surface area contributed by atoms with Gasteiger partial charge in [-0.25, -0.2) is 0 Å². The quantitative estimate of drug-likeness (QED) is 0.725. The van der Waals surface area contributed by atoms with Crippen LogP contribution < -0.4 is 0 Å². The summed E-state index contributed by atoms with van der Waals surface area (Å²) >= 11 is 0. The molecule has 0 unspecified atom stereocenters. The van der Waals surface area contributed by atoms with Crippen molar-refractivity contribution >= 4 is 11.9 Å². The Hall–Kier alpha value is -1.06. The summed E-state index contributed by atoms with van der Waals surface area (Å²) in [6.45, 7) is 2.21. The van der Waals surface area contributed by atoms with Crippen LogP contribution in [0.3, 0.4) is 0 Å². The van der Waals surface area contributed by atoms with Crippen LogP contribution in [0.25, 0.3) is 0 Å². The van der Waals surface area contributed by atoms with Gasteiger partial charge in [0.2, 0.25) is 0 Å². The third-order valence-electron chi connectivity index (χ3n) is 2.96. The zero-order chi connectivity index (χ0) is 11.3. The monoisotopic (exact) mass is 214 g/mol. The van der Waals surface area contributed by atoms with Gasteiger partial charge in [0, 0.05) is 6.42 Å². The molecule has 1 fully saturated rings. The molecule has 0 saturated heterocycles. The molecule has 0 aromatic carbocycles. The summed E-state index contributed by atoms with van der Waals surface area (Å²) in [4.78, 5) is 21.9. The maximum absolute atomic E-state index is 11.2. The van der Waals surface area contributed by atoms with Crippen molar-refractivity contribution in [2.24, 2.45) is 11.8 Å². The standard InChI is InChI=1S/C11H18O4/c1-2-15-10(12)7-8-3-5-9(6-4-8)11(13)14/h8-9H,2-7H2,1H3,(H,13,14). The SMILES string of the molecule is CCOC(=O)CC1CCC(C(=O)O)CC1. The van der Waals surface area contributed by atoms with Crippen molar-refractivity contribution in [3.8, 4) is 0 Å². The van der Waals surface area contributed by atoms with Gasteiger partial charge >= 0.3 is 11.9 Å². The van der Waals surface area contributed by atoms with Gasteiger partial charge in [-0.1, -0.05) is 0 Å². The molecular formula is C11H18O4. The lowest BCUT2D eigenvalue weighted by Crippen LogP contribution is -2.23. The average molecular weight is 214 g/mol. The second kappa shape index (κ2) is 5.73. The van der Waals surface area contributed by atoms with Crippen LogP contribution in [0.5, 0.6) is 0 Å². The lowest BCUT2D eigenvalue weighted by molar-refractivity contribution is -0.145. The molecule has 15 heavy (non-hydrogen) atoms. The summed E-state index contributed by atoms with van der Waals surface area (Å²) in [5, 5.41) is 8.80. The minimum atomic E-state index is -0.704. The summed E-state index contributed by atoms with van der Waals surface area (Å²) in [5.74, 6) is -0.746. The molecule has 4 nitrogen and oxygen atoms in total. The second-order valence-corrected chi connectivity index (χ2v) is 4.07. The van der Waals surface area contributed by atoms with E-state index in [-0.39, 0.29) is 11.9 Å². The van der Waals surface area contributed by atoms with Gasteiger partial charge in [-0.15, -0.1) is 0 Å². The maximum Gasteiger partial charge on any atom is 0.306 e. The summed E-state index contributed by atoms with van der Waals surface area (Å²) in [6, 6.07) is 0. The number of ether oxygens (including phenoxy) is 1. The molecule has 0 atom stereocenters. The molecule has 1 saturated carbocycles. The van der Waals surface area contributed by atoms with Crippen LogP contribution in [0.15, 0.2) is 0 Å². The zero-order valence-corrected chi connectivity index (χ0v) is 9.07. The highest BCUT2D eigenvalue weighted by Gasteiger charge is 2.27. The summed E-state index contributed by atoms with van der Waals surface area (Å²) in [6.07, 6.45) is 3.49. The molecular weight excluding hydrogens is 196 g/mol. The highest BCUT2D eigenvalue weighted by Crippen LogP contribution is 2.31. The Bertz CT molecular complexity index is 229. The van der Waals surface area contributed by atoms with Gasteiger partial charge in [0.05, 0.1) is 12.5 Å². The number of hydrogen-bond acceptors (Lipinski definition) is 3. The van der Waals surface area contributed by atoms with Gasteiger partial charge in [0.15, 0.2) is 0 Å². The predicted molar refractivity (Wildman–Crippen MR) is 54.3 cm³/mol. The van der Waals surface area contributed by atoms with E-state index in [0.717, 1.165) is 12.8 Å². The minimum absolute atomic E-state index is 0.156. The molecule has 1 N–H and O–H groups in total. The van der Waals surface area contributed by atoms with Crippen LogP contribution in [-0.2, 0) is 14.3 Å². The maximum atomic E-state index is 11.2. The van der Waals surface area contributed by atoms with Crippen molar-refractivity contribution < 1.29 is 19.4 Å². The van der Waals surface area contributed by atoms with Crippen molar-refractivity contribution in [3.05, 3.63) is 0 Å². The van der Waals surface area contributed by atoms with Gasteiger partial charge in [0.1, 0.15) is 0 Å². The van der Waals surface area contributed by atoms with Crippen LogP contribution in [-0.4, -0.2) is 23.7 Å². The largest absolute Gasteiger partial charge is 0.481 e. The highest BCUT2D eigenvalue weighted by atomic mass is 16.5. The predicted octanol–water partition coefficient (Wildman–Crippen LogP) is 1.83. The first-order valence-electron chi connectivity index (χ1n) is 5.52. The summed E-state index contributed by atoms with van der Waals surface area (Å²) < 4.78 is 4.86. The fraction of sp³-hybridized carbons (Fsp3) is 0.818. The Labute approximate surface area is 89.6 Å². The van der Waals surface area contributed by atoms with Crippen molar-refractivity contribution in [3.63, 3.8) is 0 Å². The Balaban J connectivity index is 2.25. The van der Waals surface area contributed by atoms with E-state index in [1.807, 2.05) is 0 Å². The van der Waals surface area contributed by atoms with E-state index in [2.05, 4.69) is 0 Å². The first-order valence-corrected chi connectivity index (χ1v) is 5.52. The van der Waals surface area contributed by atoms with E-state index in [9.17, 15) is 9.59 Å². The van der Waals surface area contributed by atoms with E-state index < -0.39 is 5.97 Å². The Morgan fingerprint density at radius 3 is 2.33 bits per heavy atom. The smallest absolute Gasteiger partial charge is 0.306 e. The molecule has 4 heteroatoms. The normalized spacial score (nSPS) is 25.9. The van der Waals surface area contributed by atoms with Gasteiger partial charge in [-0.05, 0) is 38.5 Å². The van der Waals surface area contributed by atoms with Gasteiger partial charge < -0.3 is 9.84 Å². The van der Waals surface area contributed by atoms with Crippen LogP contribution in [0.2, 0.25) is 0 Å². The topological polar surface area (TPSA) is 63.6 Å². The van der Waals surface area contributed by atoms with Crippen molar-refractivity contribution in [2.45, 2.75) is 39.0 Å². The zero-order valence-electron chi connectivity index (χ0n) is 9.07. The Kier molecular flexibility index (Phi) is 4.59. The molecule has 86 valence electrons. The summed E-state index contributed by atoms with van der Waals surface area (Å²) in [7, 11) is 0. The fourth-order valence-corrected chi connectivity index (χ4v) is 2.07. The van der Waals surface area contributed by atoms with Gasteiger partial charge in [-0.3, -0.25) is 9.59 Å². The highest BCUT2D eigenvalue weighted by molar-refractivity contribution is 5.71. The van der Waals surface area contributed by atoms with E-state index >= 15 is 0 Å². The fourth-order valence-electron chi connectivity index (χ4n) is 2.07. The number of carbonyl (C=O) groups is 2. The summed E-state index contributed by atoms with van der Waals surface area (Å²) in [5.41, 5.74) is 0. The minimum Gasteiger partial charge on any atom is -0.481 e. The van der Waals surface area contributed by atoms with Crippen molar-refractivity contribution in [1.82, 2.24) is 0 Å². The molecule has 0 radical (unpaired) electrons. The number of esters is 1. The second-order valence-electron chi connectivity index (χ2n) is 4.07. The van der Waals surface area contributed by atoms with Gasteiger partial charge in [0.25, 0.3) is 0 Å².